The molecule has 2 aliphatic rings. The highest BCUT2D eigenvalue weighted by Crippen LogP contribution is 2.33. The fourth-order valence-corrected chi connectivity index (χ4v) is 3.69. The van der Waals surface area contributed by atoms with E-state index >= 15 is 0 Å². The number of amides is 1. The summed E-state index contributed by atoms with van der Waals surface area (Å²) in [5.41, 5.74) is -0.262. The Morgan fingerprint density at radius 2 is 2.06 bits per heavy atom. The van der Waals surface area contributed by atoms with Crippen molar-refractivity contribution < 1.29 is 29.2 Å². The summed E-state index contributed by atoms with van der Waals surface area (Å²) < 4.78 is 18.3. The highest BCUT2D eigenvalue weighted by Gasteiger charge is 2.47. The van der Waals surface area contributed by atoms with Crippen LogP contribution < -0.4 is 11.0 Å². The fraction of sp³-hybridized carbons (Fsp3) is 0.476. The molecule has 10 nitrogen and oxygen atoms in total. The van der Waals surface area contributed by atoms with E-state index in [-0.39, 0.29) is 5.82 Å². The van der Waals surface area contributed by atoms with Gasteiger partial charge in [0, 0.05) is 18.4 Å². The lowest BCUT2D eigenvalue weighted by atomic mass is 10.1. The van der Waals surface area contributed by atoms with Gasteiger partial charge in [0.05, 0.1) is 6.61 Å². The van der Waals surface area contributed by atoms with Crippen molar-refractivity contribution in [2.45, 2.75) is 50.1 Å². The van der Waals surface area contributed by atoms with Gasteiger partial charge in [0.25, 0.3) is 5.91 Å². The molecule has 2 aliphatic heterocycles. The minimum absolute atomic E-state index is 0.0837. The van der Waals surface area contributed by atoms with E-state index < -0.39 is 49.0 Å². The Labute approximate surface area is 178 Å². The highest BCUT2D eigenvalue weighted by molar-refractivity contribution is 6.03. The summed E-state index contributed by atoms with van der Waals surface area (Å²) in [6.45, 7) is 0.121. The van der Waals surface area contributed by atoms with Gasteiger partial charge in [-0.2, -0.15) is 4.98 Å². The van der Waals surface area contributed by atoms with E-state index in [1.165, 1.54) is 16.8 Å². The summed E-state index contributed by atoms with van der Waals surface area (Å²) in [5, 5.41) is 22.6. The lowest BCUT2D eigenvalue weighted by molar-refractivity contribution is -0.215. The van der Waals surface area contributed by atoms with Crippen molar-refractivity contribution >= 4 is 11.7 Å². The van der Waals surface area contributed by atoms with E-state index in [0.29, 0.717) is 18.6 Å². The summed E-state index contributed by atoms with van der Waals surface area (Å²) in [7, 11) is 0. The van der Waals surface area contributed by atoms with Gasteiger partial charge in [-0.05, 0) is 37.5 Å². The zero-order chi connectivity index (χ0) is 21.8. The van der Waals surface area contributed by atoms with Crippen LogP contribution in [0.25, 0.3) is 0 Å². The topological polar surface area (TPSA) is 132 Å². The first-order valence-corrected chi connectivity index (χ1v) is 10.2. The number of benzene rings is 1. The molecule has 1 aromatic heterocycles. The first-order valence-electron chi connectivity index (χ1n) is 10.2. The molecule has 1 amide bonds. The number of carbonyl (C=O) groups excluding carboxylic acids is 1. The maximum atomic E-state index is 12.7. The van der Waals surface area contributed by atoms with Gasteiger partial charge in [-0.1, -0.05) is 18.2 Å². The first-order chi connectivity index (χ1) is 15.1. The average molecular weight is 431 g/mol. The van der Waals surface area contributed by atoms with Crippen LogP contribution in [-0.4, -0.2) is 63.5 Å². The molecule has 2 aromatic rings. The first kappa shape index (κ1) is 21.6. The maximum absolute atomic E-state index is 12.7. The molecule has 5 atom stereocenters. The SMILES string of the molecule is O=C(Nc1ccn([C@@H]2O[C@H](CO)[C@@H](O)[C@H]2O[C@H]2CCCCO2)c(=O)n1)c1ccccc1. The summed E-state index contributed by atoms with van der Waals surface area (Å²) in [4.78, 5) is 28.9. The smallest absolute Gasteiger partial charge is 0.351 e. The number of aromatic nitrogens is 2. The van der Waals surface area contributed by atoms with Crippen LogP contribution in [0.5, 0.6) is 0 Å². The van der Waals surface area contributed by atoms with Crippen molar-refractivity contribution in [3.63, 3.8) is 0 Å². The van der Waals surface area contributed by atoms with Crippen LogP contribution in [0.15, 0.2) is 47.4 Å². The molecule has 3 N–H and O–H groups in total. The molecular weight excluding hydrogens is 406 g/mol. The molecule has 10 heteroatoms. The summed E-state index contributed by atoms with van der Waals surface area (Å²) in [6, 6.07) is 10.0. The molecule has 2 fully saturated rings. The van der Waals surface area contributed by atoms with Gasteiger partial charge < -0.3 is 29.7 Å². The molecule has 0 aliphatic carbocycles. The third kappa shape index (κ3) is 4.83. The maximum Gasteiger partial charge on any atom is 0.351 e. The van der Waals surface area contributed by atoms with Crippen molar-refractivity contribution in [2.24, 2.45) is 0 Å². The largest absolute Gasteiger partial charge is 0.394 e. The Bertz CT molecular complexity index is 945. The second-order valence-electron chi connectivity index (χ2n) is 7.46. The number of hydrogen-bond donors (Lipinski definition) is 3. The van der Waals surface area contributed by atoms with Gasteiger partial charge in [-0.15, -0.1) is 0 Å². The summed E-state index contributed by atoms with van der Waals surface area (Å²) in [5.74, 6) is -0.311. The molecule has 0 unspecified atom stereocenters. The molecule has 4 rings (SSSR count). The van der Waals surface area contributed by atoms with Crippen LogP contribution in [0.1, 0.15) is 35.8 Å². The van der Waals surface area contributed by atoms with E-state index in [1.54, 1.807) is 30.3 Å². The van der Waals surface area contributed by atoms with Crippen LogP contribution >= 0.6 is 0 Å². The third-order valence-electron chi connectivity index (χ3n) is 5.32. The van der Waals surface area contributed by atoms with Crippen molar-refractivity contribution in [2.75, 3.05) is 18.5 Å². The van der Waals surface area contributed by atoms with Gasteiger partial charge in [0.2, 0.25) is 0 Å². The van der Waals surface area contributed by atoms with Crippen LogP contribution in [0.3, 0.4) is 0 Å². The van der Waals surface area contributed by atoms with E-state index in [0.717, 1.165) is 12.8 Å². The molecular formula is C21H25N3O7. The molecule has 0 bridgehead atoms. The van der Waals surface area contributed by atoms with Crippen molar-refractivity contribution in [3.8, 4) is 0 Å². The van der Waals surface area contributed by atoms with Gasteiger partial charge >= 0.3 is 5.69 Å². The second kappa shape index (κ2) is 9.67. The molecule has 0 radical (unpaired) electrons. The molecule has 1 aromatic carbocycles. The Morgan fingerprint density at radius 1 is 1.26 bits per heavy atom. The predicted octanol–water partition coefficient (Wildman–Crippen LogP) is 0.658. The minimum Gasteiger partial charge on any atom is -0.394 e. The Morgan fingerprint density at radius 3 is 2.74 bits per heavy atom. The Kier molecular flexibility index (Phi) is 6.73. The molecule has 0 spiro atoms. The molecule has 166 valence electrons. The van der Waals surface area contributed by atoms with Gasteiger partial charge in [0.1, 0.15) is 24.1 Å². The highest BCUT2D eigenvalue weighted by atomic mass is 16.7. The Hall–Kier alpha value is -2.63. The molecule has 0 saturated carbocycles. The predicted molar refractivity (Wildman–Crippen MR) is 108 cm³/mol. The number of rotatable bonds is 6. The number of ether oxygens (including phenoxy) is 3. The zero-order valence-corrected chi connectivity index (χ0v) is 16.8. The zero-order valence-electron chi connectivity index (χ0n) is 16.8. The van der Waals surface area contributed by atoms with E-state index in [9.17, 15) is 19.8 Å². The molecule has 2 saturated heterocycles. The van der Waals surface area contributed by atoms with E-state index in [1.807, 2.05) is 0 Å². The minimum atomic E-state index is -1.15. The molecule has 31 heavy (non-hydrogen) atoms. The van der Waals surface area contributed by atoms with Gasteiger partial charge in [-0.3, -0.25) is 9.36 Å². The molecule has 3 heterocycles. The number of anilines is 1. The van der Waals surface area contributed by atoms with E-state index in [2.05, 4.69) is 10.3 Å². The van der Waals surface area contributed by atoms with Crippen LogP contribution in [-0.2, 0) is 14.2 Å². The monoisotopic (exact) mass is 431 g/mol. The number of nitrogens with zero attached hydrogens (tertiary/aromatic N) is 2. The third-order valence-corrected chi connectivity index (χ3v) is 5.32. The number of nitrogens with one attached hydrogen (secondary N) is 1. The number of aliphatic hydroxyl groups excluding tert-OH is 2. The van der Waals surface area contributed by atoms with Crippen LogP contribution in [0.4, 0.5) is 5.82 Å². The van der Waals surface area contributed by atoms with Crippen molar-refractivity contribution in [1.29, 1.82) is 0 Å². The number of aliphatic hydroxyl groups is 2. The fourth-order valence-electron chi connectivity index (χ4n) is 3.69. The average Bonchev–Trinajstić information content (AvgIpc) is 3.10. The summed E-state index contributed by atoms with van der Waals surface area (Å²) in [6.07, 6.45) is -0.576. The van der Waals surface area contributed by atoms with Crippen molar-refractivity contribution in [1.82, 2.24) is 9.55 Å². The van der Waals surface area contributed by atoms with E-state index in [4.69, 9.17) is 14.2 Å². The standard InChI is InChI=1S/C21H25N3O7/c25-12-14-17(26)18(31-16-8-4-5-11-29-16)20(30-14)24-10-9-15(23-21(24)28)22-19(27)13-6-2-1-3-7-13/h1-3,6-7,9-10,14,16-18,20,25-26H,4-5,8,11-12H2,(H,22,23,27,28)/t14-,16+,17-,18-,20-/m1/s1. The van der Waals surface area contributed by atoms with Gasteiger partial charge in [0.15, 0.2) is 12.5 Å². The lowest BCUT2D eigenvalue weighted by Crippen LogP contribution is -2.41. The normalized spacial score (nSPS) is 28.4. The van der Waals surface area contributed by atoms with Gasteiger partial charge in [-0.25, -0.2) is 4.79 Å². The number of carbonyl (C=O) groups is 1. The number of hydrogen-bond acceptors (Lipinski definition) is 8. The summed E-state index contributed by atoms with van der Waals surface area (Å²) >= 11 is 0. The lowest BCUT2D eigenvalue weighted by Gasteiger charge is -2.29. The Balaban J connectivity index is 1.52. The second-order valence-corrected chi connectivity index (χ2v) is 7.46. The van der Waals surface area contributed by atoms with Crippen molar-refractivity contribution in [3.05, 3.63) is 58.6 Å². The van der Waals surface area contributed by atoms with Crippen LogP contribution in [0, 0.1) is 0 Å². The van der Waals surface area contributed by atoms with Crippen LogP contribution in [0.2, 0.25) is 0 Å². The quantitative estimate of drug-likeness (QED) is 0.608.